The minimum Gasteiger partial charge on any atom is -0.380 e. The first-order valence-electron chi connectivity index (χ1n) is 9.80. The van der Waals surface area contributed by atoms with Crippen LogP contribution in [-0.2, 0) is 11.3 Å². The Morgan fingerprint density at radius 3 is 2.86 bits per heavy atom. The van der Waals surface area contributed by atoms with E-state index in [-0.39, 0.29) is 0 Å². The Morgan fingerprint density at radius 2 is 2.07 bits per heavy atom. The molecule has 0 saturated carbocycles. The third kappa shape index (κ3) is 3.80. The van der Waals surface area contributed by atoms with Crippen LogP contribution in [0, 0.1) is 6.92 Å². The van der Waals surface area contributed by atoms with Gasteiger partial charge in [-0.15, -0.1) is 0 Å². The van der Waals surface area contributed by atoms with E-state index in [9.17, 15) is 0 Å². The lowest BCUT2D eigenvalue weighted by Gasteiger charge is -2.36. The molecule has 4 rings (SSSR count). The first-order valence-corrected chi connectivity index (χ1v) is 9.80. The summed E-state index contributed by atoms with van der Waals surface area (Å²) in [6, 6.07) is 14.7. The Balaban J connectivity index is 1.66. The number of rotatable bonds is 5. The van der Waals surface area contributed by atoms with Crippen molar-refractivity contribution in [3.8, 4) is 22.8 Å². The van der Waals surface area contributed by atoms with Crippen LogP contribution in [0.2, 0.25) is 0 Å². The Morgan fingerprint density at radius 1 is 1.18 bits per heavy atom. The number of benzene rings is 2. The number of nitrogens with zero attached hydrogens (tertiary/aromatic N) is 3. The highest BCUT2D eigenvalue weighted by atomic mass is 16.5. The molecule has 1 saturated heterocycles. The van der Waals surface area contributed by atoms with Crippen LogP contribution in [0.1, 0.15) is 37.3 Å². The third-order valence-corrected chi connectivity index (χ3v) is 5.35. The second-order valence-electron chi connectivity index (χ2n) is 7.44. The molecule has 0 bridgehead atoms. The third-order valence-electron chi connectivity index (χ3n) is 5.35. The SMILES string of the molecule is [CH2]c1cccc(-c2noc(-c3ccc(N4CCCCC4C)c(COC)c3)n2)c1. The van der Waals surface area contributed by atoms with Crippen LogP contribution in [0.15, 0.2) is 47.0 Å². The van der Waals surface area contributed by atoms with Crippen LogP contribution < -0.4 is 4.90 Å². The highest BCUT2D eigenvalue weighted by molar-refractivity contribution is 5.66. The maximum atomic E-state index is 5.55. The second-order valence-corrected chi connectivity index (χ2v) is 7.44. The number of piperidine rings is 1. The predicted molar refractivity (Wildman–Crippen MR) is 111 cm³/mol. The van der Waals surface area contributed by atoms with Gasteiger partial charge in [-0.2, -0.15) is 4.98 Å². The number of anilines is 1. The van der Waals surface area contributed by atoms with Crippen molar-refractivity contribution in [3.05, 3.63) is 60.5 Å². The van der Waals surface area contributed by atoms with Crippen molar-refractivity contribution in [2.45, 2.75) is 38.8 Å². The quantitative estimate of drug-likeness (QED) is 0.619. The zero-order chi connectivity index (χ0) is 19.5. The number of hydrogen-bond donors (Lipinski definition) is 0. The van der Waals surface area contributed by atoms with Crippen molar-refractivity contribution in [2.24, 2.45) is 0 Å². The molecule has 3 aromatic rings. The van der Waals surface area contributed by atoms with Gasteiger partial charge < -0.3 is 14.2 Å². The molecule has 5 nitrogen and oxygen atoms in total. The summed E-state index contributed by atoms with van der Waals surface area (Å²) in [5.41, 5.74) is 5.12. The Hall–Kier alpha value is -2.66. The molecule has 1 aromatic heterocycles. The van der Waals surface area contributed by atoms with Crippen LogP contribution in [0.3, 0.4) is 0 Å². The molecule has 1 radical (unpaired) electrons. The molecule has 1 aliphatic rings. The lowest BCUT2D eigenvalue weighted by Crippen LogP contribution is -2.38. The van der Waals surface area contributed by atoms with Gasteiger partial charge in [0.1, 0.15) is 0 Å². The van der Waals surface area contributed by atoms with E-state index >= 15 is 0 Å². The van der Waals surface area contributed by atoms with Gasteiger partial charge in [0.2, 0.25) is 5.82 Å². The molecule has 145 valence electrons. The summed E-state index contributed by atoms with van der Waals surface area (Å²) in [5.74, 6) is 1.09. The van der Waals surface area contributed by atoms with Gasteiger partial charge >= 0.3 is 0 Å². The molecule has 1 aliphatic heterocycles. The number of ether oxygens (including phenoxy) is 1. The van der Waals surface area contributed by atoms with Gasteiger partial charge in [-0.1, -0.05) is 23.4 Å². The minimum atomic E-state index is 0.514. The lowest BCUT2D eigenvalue weighted by molar-refractivity contribution is 0.185. The second kappa shape index (κ2) is 8.15. The standard InChI is InChI=1S/C23H26N3O2/c1-16-7-6-9-18(13-16)22-24-23(28-25-22)19-10-11-21(20(14-19)15-27-3)26-12-5-4-8-17(26)2/h6-7,9-11,13-14,17H,1,4-5,8,12,15H2,2-3H3. The zero-order valence-electron chi connectivity index (χ0n) is 16.5. The predicted octanol–water partition coefficient (Wildman–Crippen LogP) is 5.11. The largest absolute Gasteiger partial charge is 0.380 e. The Bertz CT molecular complexity index is 951. The molecule has 1 unspecified atom stereocenters. The van der Waals surface area contributed by atoms with E-state index in [1.54, 1.807) is 7.11 Å². The Kier molecular flexibility index (Phi) is 5.44. The fraction of sp³-hybridized carbons (Fsp3) is 0.348. The molecular weight excluding hydrogens is 350 g/mol. The maximum Gasteiger partial charge on any atom is 0.258 e. The summed E-state index contributed by atoms with van der Waals surface area (Å²) in [6.07, 6.45) is 3.76. The fourth-order valence-corrected chi connectivity index (χ4v) is 3.89. The van der Waals surface area contributed by atoms with E-state index in [0.717, 1.165) is 28.8 Å². The highest BCUT2D eigenvalue weighted by Crippen LogP contribution is 2.32. The average Bonchev–Trinajstić information content (AvgIpc) is 3.19. The molecule has 0 aliphatic carbocycles. The van der Waals surface area contributed by atoms with Crippen molar-refractivity contribution in [2.75, 3.05) is 18.6 Å². The lowest BCUT2D eigenvalue weighted by atomic mass is 10.00. The van der Waals surface area contributed by atoms with Gasteiger partial charge in [0.05, 0.1) is 6.61 Å². The van der Waals surface area contributed by atoms with Gasteiger partial charge in [0.25, 0.3) is 5.89 Å². The maximum absolute atomic E-state index is 5.55. The van der Waals surface area contributed by atoms with E-state index < -0.39 is 0 Å². The number of aromatic nitrogens is 2. The molecule has 0 spiro atoms. The summed E-state index contributed by atoms with van der Waals surface area (Å²) in [7, 11) is 1.73. The summed E-state index contributed by atoms with van der Waals surface area (Å²) in [5, 5.41) is 4.15. The topological polar surface area (TPSA) is 51.4 Å². The Labute approximate surface area is 166 Å². The van der Waals surface area contributed by atoms with Gasteiger partial charge in [-0.3, -0.25) is 0 Å². The van der Waals surface area contributed by atoms with Gasteiger partial charge in [0, 0.05) is 42.1 Å². The van der Waals surface area contributed by atoms with Crippen molar-refractivity contribution < 1.29 is 9.26 Å². The van der Waals surface area contributed by atoms with Gasteiger partial charge in [0.15, 0.2) is 0 Å². The van der Waals surface area contributed by atoms with Crippen molar-refractivity contribution >= 4 is 5.69 Å². The molecule has 0 amide bonds. The van der Waals surface area contributed by atoms with Crippen LogP contribution in [0.25, 0.3) is 22.8 Å². The van der Waals surface area contributed by atoms with Crippen LogP contribution in [-0.4, -0.2) is 29.8 Å². The first-order chi connectivity index (χ1) is 13.7. The van der Waals surface area contributed by atoms with Crippen LogP contribution in [0.5, 0.6) is 0 Å². The summed E-state index contributed by atoms with van der Waals surface area (Å²) >= 11 is 0. The molecule has 1 atom stereocenters. The average molecular weight is 376 g/mol. The van der Waals surface area contributed by atoms with Gasteiger partial charge in [-0.05, 0) is 62.9 Å². The van der Waals surface area contributed by atoms with E-state index in [1.807, 2.05) is 24.3 Å². The highest BCUT2D eigenvalue weighted by Gasteiger charge is 2.22. The van der Waals surface area contributed by atoms with Crippen molar-refractivity contribution in [1.29, 1.82) is 0 Å². The zero-order valence-corrected chi connectivity index (χ0v) is 16.5. The van der Waals surface area contributed by atoms with Crippen molar-refractivity contribution in [3.63, 3.8) is 0 Å². The van der Waals surface area contributed by atoms with Crippen LogP contribution >= 0.6 is 0 Å². The summed E-state index contributed by atoms with van der Waals surface area (Å²) < 4.78 is 11.0. The fourth-order valence-electron chi connectivity index (χ4n) is 3.89. The minimum absolute atomic E-state index is 0.514. The molecule has 1 fully saturated rings. The summed E-state index contributed by atoms with van der Waals surface area (Å²) in [4.78, 5) is 7.08. The molecular formula is C23H26N3O2. The smallest absolute Gasteiger partial charge is 0.258 e. The molecule has 0 N–H and O–H groups in total. The van der Waals surface area contributed by atoms with E-state index in [2.05, 4.69) is 47.1 Å². The number of methoxy groups -OCH3 is 1. The monoisotopic (exact) mass is 376 g/mol. The normalized spacial score (nSPS) is 17.1. The molecule has 2 heterocycles. The first kappa shape index (κ1) is 18.7. The van der Waals surface area contributed by atoms with E-state index in [0.29, 0.717) is 24.4 Å². The van der Waals surface area contributed by atoms with Gasteiger partial charge in [-0.25, -0.2) is 0 Å². The molecule has 2 aromatic carbocycles. The van der Waals surface area contributed by atoms with Crippen LogP contribution in [0.4, 0.5) is 5.69 Å². The molecule has 28 heavy (non-hydrogen) atoms. The number of hydrogen-bond acceptors (Lipinski definition) is 5. The van der Waals surface area contributed by atoms with E-state index in [1.165, 1.54) is 24.9 Å². The summed E-state index contributed by atoms with van der Waals surface area (Å²) in [6.45, 7) is 7.89. The van der Waals surface area contributed by atoms with Crippen molar-refractivity contribution in [1.82, 2.24) is 10.1 Å². The van der Waals surface area contributed by atoms with E-state index in [4.69, 9.17) is 9.26 Å². The molecule has 5 heteroatoms.